The third kappa shape index (κ3) is 1.82. The Balaban J connectivity index is 2.06. The number of hydrogen-bond donors (Lipinski definition) is 1. The van der Waals surface area contributed by atoms with Gasteiger partial charge in [-0.05, 0) is 42.5 Å². The first-order valence-corrected chi connectivity index (χ1v) is 6.39. The minimum absolute atomic E-state index is 0.687. The molecule has 1 aliphatic carbocycles. The first-order chi connectivity index (χ1) is 8.38. The molecule has 0 atom stereocenters. The first kappa shape index (κ1) is 10.4. The highest BCUT2D eigenvalue weighted by atomic mass is 14.7. The van der Waals surface area contributed by atoms with Crippen molar-refractivity contribution in [3.8, 4) is 6.07 Å². The molecule has 0 aliphatic heterocycles. The molecule has 1 N–H and O–H groups in total. The topological polar surface area (TPSA) is 39.6 Å². The molecule has 3 rings (SSSR count). The summed E-state index contributed by atoms with van der Waals surface area (Å²) >= 11 is 0. The summed E-state index contributed by atoms with van der Waals surface area (Å²) in [5.74, 6) is 0.687. The lowest BCUT2D eigenvalue weighted by molar-refractivity contribution is 0.445. The van der Waals surface area contributed by atoms with Crippen molar-refractivity contribution in [2.75, 3.05) is 0 Å². The SMILES string of the molecule is N#Cc1ccc2[nH]cc(C3CCCCC3)c2c1. The van der Waals surface area contributed by atoms with E-state index in [1.807, 2.05) is 18.2 Å². The van der Waals surface area contributed by atoms with Gasteiger partial charge in [0.05, 0.1) is 11.6 Å². The van der Waals surface area contributed by atoms with Gasteiger partial charge in [0.25, 0.3) is 0 Å². The van der Waals surface area contributed by atoms with Gasteiger partial charge in [-0.1, -0.05) is 19.3 Å². The summed E-state index contributed by atoms with van der Waals surface area (Å²) in [6.45, 7) is 0. The first-order valence-electron chi connectivity index (χ1n) is 6.39. The molecule has 0 spiro atoms. The molecular formula is C15H16N2. The molecule has 17 heavy (non-hydrogen) atoms. The molecule has 2 aromatic rings. The van der Waals surface area contributed by atoms with Crippen molar-refractivity contribution in [1.82, 2.24) is 4.98 Å². The number of H-pyrrole nitrogens is 1. The predicted molar refractivity (Wildman–Crippen MR) is 68.8 cm³/mol. The molecule has 2 nitrogen and oxygen atoms in total. The molecule has 1 aromatic carbocycles. The second-order valence-electron chi connectivity index (χ2n) is 4.95. The summed E-state index contributed by atoms with van der Waals surface area (Å²) in [7, 11) is 0. The molecule has 1 saturated carbocycles. The zero-order valence-corrected chi connectivity index (χ0v) is 9.87. The van der Waals surface area contributed by atoms with Gasteiger partial charge < -0.3 is 4.98 Å². The number of hydrogen-bond acceptors (Lipinski definition) is 1. The summed E-state index contributed by atoms with van der Waals surface area (Å²) in [4.78, 5) is 3.33. The van der Waals surface area contributed by atoms with Crippen LogP contribution in [0, 0.1) is 11.3 Å². The number of nitriles is 1. The van der Waals surface area contributed by atoms with E-state index >= 15 is 0 Å². The summed E-state index contributed by atoms with van der Waals surface area (Å²) in [5, 5.41) is 10.2. The van der Waals surface area contributed by atoms with Gasteiger partial charge in [-0.2, -0.15) is 5.26 Å². The van der Waals surface area contributed by atoms with Crippen LogP contribution in [-0.4, -0.2) is 4.98 Å². The zero-order valence-electron chi connectivity index (χ0n) is 9.87. The van der Waals surface area contributed by atoms with Crippen LogP contribution in [0.3, 0.4) is 0 Å². The summed E-state index contributed by atoms with van der Waals surface area (Å²) in [6, 6.07) is 8.14. The monoisotopic (exact) mass is 224 g/mol. The van der Waals surface area contributed by atoms with E-state index in [0.29, 0.717) is 5.92 Å². The Hall–Kier alpha value is -1.75. The van der Waals surface area contributed by atoms with Gasteiger partial charge in [-0.25, -0.2) is 0 Å². The molecule has 2 heteroatoms. The third-order valence-corrected chi connectivity index (χ3v) is 3.89. The Bertz CT molecular complexity index is 568. The third-order valence-electron chi connectivity index (χ3n) is 3.89. The lowest BCUT2D eigenvalue weighted by Gasteiger charge is -2.21. The summed E-state index contributed by atoms with van der Waals surface area (Å²) in [6.07, 6.45) is 8.79. The Morgan fingerprint density at radius 1 is 1.18 bits per heavy atom. The van der Waals surface area contributed by atoms with Crippen molar-refractivity contribution < 1.29 is 0 Å². The smallest absolute Gasteiger partial charge is 0.0991 e. The van der Waals surface area contributed by atoms with Gasteiger partial charge in [0.1, 0.15) is 0 Å². The maximum absolute atomic E-state index is 8.98. The average Bonchev–Trinajstić information content (AvgIpc) is 2.82. The molecule has 0 unspecified atom stereocenters. The summed E-state index contributed by atoms with van der Waals surface area (Å²) < 4.78 is 0. The van der Waals surface area contributed by atoms with Crippen LogP contribution in [0.4, 0.5) is 0 Å². The van der Waals surface area contributed by atoms with E-state index in [1.54, 1.807) is 0 Å². The van der Waals surface area contributed by atoms with Crippen LogP contribution in [0.1, 0.15) is 49.1 Å². The largest absolute Gasteiger partial charge is 0.361 e. The van der Waals surface area contributed by atoms with Crippen molar-refractivity contribution in [1.29, 1.82) is 5.26 Å². The second kappa shape index (κ2) is 4.25. The molecule has 1 fully saturated rings. The minimum atomic E-state index is 0.687. The quantitative estimate of drug-likeness (QED) is 0.778. The van der Waals surface area contributed by atoms with Crippen LogP contribution in [0.25, 0.3) is 10.9 Å². The highest BCUT2D eigenvalue weighted by Crippen LogP contribution is 2.36. The maximum Gasteiger partial charge on any atom is 0.0991 e. The Morgan fingerprint density at radius 2 is 2.00 bits per heavy atom. The van der Waals surface area contributed by atoms with E-state index in [4.69, 9.17) is 5.26 Å². The number of nitrogens with one attached hydrogen (secondary N) is 1. The van der Waals surface area contributed by atoms with Crippen LogP contribution in [-0.2, 0) is 0 Å². The number of aromatic amines is 1. The number of benzene rings is 1. The number of nitrogens with zero attached hydrogens (tertiary/aromatic N) is 1. The van der Waals surface area contributed by atoms with Crippen molar-refractivity contribution >= 4 is 10.9 Å². The van der Waals surface area contributed by atoms with E-state index in [-0.39, 0.29) is 0 Å². The van der Waals surface area contributed by atoms with Gasteiger partial charge in [0, 0.05) is 17.1 Å². The van der Waals surface area contributed by atoms with Crippen LogP contribution >= 0.6 is 0 Å². The van der Waals surface area contributed by atoms with Gasteiger partial charge >= 0.3 is 0 Å². The predicted octanol–water partition coefficient (Wildman–Crippen LogP) is 4.09. The van der Waals surface area contributed by atoms with Gasteiger partial charge in [-0.15, -0.1) is 0 Å². The minimum Gasteiger partial charge on any atom is -0.361 e. The molecule has 0 bridgehead atoms. The van der Waals surface area contributed by atoms with E-state index in [0.717, 1.165) is 11.1 Å². The fourth-order valence-electron chi connectivity index (χ4n) is 2.96. The van der Waals surface area contributed by atoms with Crippen LogP contribution < -0.4 is 0 Å². The van der Waals surface area contributed by atoms with Crippen molar-refractivity contribution in [3.63, 3.8) is 0 Å². The molecule has 0 saturated heterocycles. The molecule has 0 amide bonds. The van der Waals surface area contributed by atoms with Crippen LogP contribution in [0.5, 0.6) is 0 Å². The highest BCUT2D eigenvalue weighted by Gasteiger charge is 2.18. The normalized spacial score (nSPS) is 17.1. The van der Waals surface area contributed by atoms with E-state index in [1.165, 1.54) is 43.1 Å². The lowest BCUT2D eigenvalue weighted by Crippen LogP contribution is -2.03. The van der Waals surface area contributed by atoms with Gasteiger partial charge in [0.2, 0.25) is 0 Å². The van der Waals surface area contributed by atoms with Crippen LogP contribution in [0.2, 0.25) is 0 Å². The lowest BCUT2D eigenvalue weighted by atomic mass is 9.84. The second-order valence-corrected chi connectivity index (χ2v) is 4.95. The fraction of sp³-hybridized carbons (Fsp3) is 0.400. The number of fused-ring (bicyclic) bond motifs is 1. The van der Waals surface area contributed by atoms with Crippen LogP contribution in [0.15, 0.2) is 24.4 Å². The maximum atomic E-state index is 8.98. The molecule has 1 heterocycles. The van der Waals surface area contributed by atoms with E-state index in [9.17, 15) is 0 Å². The molecule has 1 aromatic heterocycles. The Labute approximate surface area is 101 Å². The highest BCUT2D eigenvalue weighted by molar-refractivity contribution is 5.85. The molecule has 86 valence electrons. The number of aromatic nitrogens is 1. The van der Waals surface area contributed by atoms with Crippen molar-refractivity contribution in [2.24, 2.45) is 0 Å². The van der Waals surface area contributed by atoms with Gasteiger partial charge in [0.15, 0.2) is 0 Å². The molecule has 1 aliphatic rings. The van der Waals surface area contributed by atoms with E-state index < -0.39 is 0 Å². The Kier molecular flexibility index (Phi) is 2.60. The zero-order chi connectivity index (χ0) is 11.7. The standard InChI is InChI=1S/C15H16N2/c16-9-11-6-7-15-13(8-11)14(10-17-15)12-4-2-1-3-5-12/h6-8,10,12,17H,1-5H2. The van der Waals surface area contributed by atoms with Gasteiger partial charge in [-0.3, -0.25) is 0 Å². The number of rotatable bonds is 1. The van der Waals surface area contributed by atoms with E-state index in [2.05, 4.69) is 17.3 Å². The summed E-state index contributed by atoms with van der Waals surface area (Å²) in [5.41, 5.74) is 3.33. The fourth-order valence-corrected chi connectivity index (χ4v) is 2.96. The molecular weight excluding hydrogens is 208 g/mol. The Morgan fingerprint density at radius 3 is 2.76 bits per heavy atom. The average molecular weight is 224 g/mol. The van der Waals surface area contributed by atoms with Crippen molar-refractivity contribution in [3.05, 3.63) is 35.5 Å². The molecule has 0 radical (unpaired) electrons. The van der Waals surface area contributed by atoms with Crippen molar-refractivity contribution in [2.45, 2.75) is 38.0 Å².